The molecule has 11 heteroatoms. The van der Waals surface area contributed by atoms with Gasteiger partial charge in [0.1, 0.15) is 12.1 Å². The van der Waals surface area contributed by atoms with Crippen LogP contribution in [0.25, 0.3) is 5.69 Å². The Hall–Kier alpha value is -3.31. The van der Waals surface area contributed by atoms with E-state index >= 15 is 0 Å². The fourth-order valence-electron chi connectivity index (χ4n) is 3.31. The third kappa shape index (κ3) is 5.06. The molecule has 3 aromatic rings. The van der Waals surface area contributed by atoms with E-state index in [4.69, 9.17) is 4.74 Å². The number of aromatic nitrogens is 4. The summed E-state index contributed by atoms with van der Waals surface area (Å²) in [6.07, 6.45) is 4.25. The molecule has 1 aromatic heterocycles. The second kappa shape index (κ2) is 9.23. The van der Waals surface area contributed by atoms with Crippen LogP contribution in [0, 0.1) is 0 Å². The topological polar surface area (TPSA) is 119 Å². The van der Waals surface area contributed by atoms with E-state index < -0.39 is 15.9 Å². The van der Waals surface area contributed by atoms with E-state index in [2.05, 4.69) is 20.8 Å². The molecule has 1 N–H and O–H groups in total. The molecule has 10 nitrogen and oxygen atoms in total. The van der Waals surface area contributed by atoms with Crippen LogP contribution in [0.3, 0.4) is 0 Å². The van der Waals surface area contributed by atoms with Crippen molar-refractivity contribution in [3.05, 3.63) is 54.9 Å². The van der Waals surface area contributed by atoms with Gasteiger partial charge in [-0.25, -0.2) is 13.1 Å². The normalized spacial score (nSPS) is 14.8. The summed E-state index contributed by atoms with van der Waals surface area (Å²) in [4.78, 5) is 12.4. The lowest BCUT2D eigenvalue weighted by atomic mass is 10.2. The molecule has 0 aliphatic carbocycles. The molecule has 0 saturated carbocycles. The molecule has 2 aromatic carbocycles. The molecule has 0 bridgehead atoms. The van der Waals surface area contributed by atoms with Gasteiger partial charge in [0.15, 0.2) is 6.61 Å². The predicted octanol–water partition coefficient (Wildman–Crippen LogP) is 1.85. The van der Waals surface area contributed by atoms with Crippen LogP contribution < -0.4 is 10.1 Å². The maximum atomic E-state index is 12.8. The number of piperidine rings is 1. The number of carbonyl (C=O) groups is 1. The van der Waals surface area contributed by atoms with Gasteiger partial charge in [0.05, 0.1) is 10.6 Å². The lowest BCUT2D eigenvalue weighted by molar-refractivity contribution is -0.118. The number of nitrogens with one attached hydrogen (secondary N) is 1. The second-order valence-electron chi connectivity index (χ2n) is 7.08. The van der Waals surface area contributed by atoms with E-state index in [-0.39, 0.29) is 11.5 Å². The smallest absolute Gasteiger partial charge is 0.262 e. The number of rotatable bonds is 7. The van der Waals surface area contributed by atoms with Gasteiger partial charge in [0, 0.05) is 18.8 Å². The SMILES string of the molecule is O=C(COc1ccc(-n2cnnn2)cc1)Nc1cccc(S(=O)(=O)N2CCCCC2)c1. The van der Waals surface area contributed by atoms with Crippen molar-refractivity contribution in [1.29, 1.82) is 0 Å². The lowest BCUT2D eigenvalue weighted by Gasteiger charge is -2.26. The van der Waals surface area contributed by atoms with Crippen molar-refractivity contribution in [1.82, 2.24) is 24.5 Å². The van der Waals surface area contributed by atoms with Gasteiger partial charge in [-0.3, -0.25) is 4.79 Å². The van der Waals surface area contributed by atoms with E-state index in [0.717, 1.165) is 24.9 Å². The van der Waals surface area contributed by atoms with Crippen LogP contribution in [0.5, 0.6) is 5.75 Å². The molecule has 31 heavy (non-hydrogen) atoms. The first-order valence-electron chi connectivity index (χ1n) is 9.89. The standard InChI is InChI=1S/C20H22N6O4S/c27-20(14-30-18-9-7-17(8-10-18)26-15-21-23-24-26)22-16-5-4-6-19(13-16)31(28,29)25-11-2-1-3-12-25/h4-10,13,15H,1-3,11-12,14H2,(H,22,27). The molecule has 0 radical (unpaired) electrons. The van der Waals surface area contributed by atoms with Crippen molar-refractivity contribution < 1.29 is 17.9 Å². The monoisotopic (exact) mass is 442 g/mol. The molecule has 0 unspecified atom stereocenters. The van der Waals surface area contributed by atoms with E-state index in [0.29, 0.717) is 24.5 Å². The van der Waals surface area contributed by atoms with Gasteiger partial charge in [-0.05, 0) is 65.7 Å². The number of carbonyl (C=O) groups excluding carboxylic acids is 1. The second-order valence-corrected chi connectivity index (χ2v) is 9.02. The fourth-order valence-corrected chi connectivity index (χ4v) is 4.87. The highest BCUT2D eigenvalue weighted by Gasteiger charge is 2.26. The molecule has 0 spiro atoms. The Morgan fingerprint density at radius 3 is 2.55 bits per heavy atom. The highest BCUT2D eigenvalue weighted by atomic mass is 32.2. The third-order valence-electron chi connectivity index (χ3n) is 4.89. The van der Waals surface area contributed by atoms with Crippen molar-refractivity contribution in [2.45, 2.75) is 24.2 Å². The van der Waals surface area contributed by atoms with Gasteiger partial charge in [0.2, 0.25) is 10.0 Å². The van der Waals surface area contributed by atoms with Gasteiger partial charge in [-0.15, -0.1) is 5.10 Å². The van der Waals surface area contributed by atoms with Gasteiger partial charge >= 0.3 is 0 Å². The zero-order valence-electron chi connectivity index (χ0n) is 16.7. The van der Waals surface area contributed by atoms with Crippen molar-refractivity contribution in [3.63, 3.8) is 0 Å². The minimum atomic E-state index is -3.56. The summed E-state index contributed by atoms with van der Waals surface area (Å²) in [7, 11) is -3.56. The van der Waals surface area contributed by atoms with Crippen LogP contribution in [-0.2, 0) is 14.8 Å². The summed E-state index contributed by atoms with van der Waals surface area (Å²) < 4.78 is 34.2. The lowest BCUT2D eigenvalue weighted by Crippen LogP contribution is -2.35. The van der Waals surface area contributed by atoms with Gasteiger partial charge < -0.3 is 10.1 Å². The van der Waals surface area contributed by atoms with Crippen LogP contribution in [0.15, 0.2) is 59.8 Å². The first-order valence-corrected chi connectivity index (χ1v) is 11.3. The Kier molecular flexibility index (Phi) is 6.23. The molecule has 162 valence electrons. The third-order valence-corrected chi connectivity index (χ3v) is 6.79. The number of sulfonamides is 1. The number of nitrogens with zero attached hydrogens (tertiary/aromatic N) is 5. The first-order chi connectivity index (χ1) is 15.0. The van der Waals surface area contributed by atoms with Crippen molar-refractivity contribution in [2.24, 2.45) is 0 Å². The highest BCUT2D eigenvalue weighted by molar-refractivity contribution is 7.89. The number of ether oxygens (including phenoxy) is 1. The minimum Gasteiger partial charge on any atom is -0.484 e. The summed E-state index contributed by atoms with van der Waals surface area (Å²) in [5.41, 5.74) is 1.16. The van der Waals surface area contributed by atoms with E-state index in [9.17, 15) is 13.2 Å². The summed E-state index contributed by atoms with van der Waals surface area (Å²) in [5, 5.41) is 13.6. The maximum Gasteiger partial charge on any atom is 0.262 e. The molecular formula is C20H22N6O4S. The summed E-state index contributed by atoms with van der Waals surface area (Å²) >= 11 is 0. The van der Waals surface area contributed by atoms with Crippen molar-refractivity contribution >= 4 is 21.6 Å². The van der Waals surface area contributed by atoms with Gasteiger partial charge in [-0.1, -0.05) is 12.5 Å². The quantitative estimate of drug-likeness (QED) is 0.593. The van der Waals surface area contributed by atoms with Crippen LogP contribution in [-0.4, -0.2) is 58.5 Å². The number of anilines is 1. The molecule has 0 atom stereocenters. The number of amides is 1. The number of hydrogen-bond donors (Lipinski definition) is 1. The Morgan fingerprint density at radius 1 is 1.06 bits per heavy atom. The number of benzene rings is 2. The Bertz CT molecular complexity index is 1130. The summed E-state index contributed by atoms with van der Waals surface area (Å²) in [6, 6.07) is 13.2. The van der Waals surface area contributed by atoms with E-state index in [1.165, 1.54) is 21.4 Å². The molecule has 1 amide bonds. The predicted molar refractivity (Wildman–Crippen MR) is 112 cm³/mol. The number of tetrazole rings is 1. The van der Waals surface area contributed by atoms with Crippen LogP contribution in [0.2, 0.25) is 0 Å². The molecule has 4 rings (SSSR count). The van der Waals surface area contributed by atoms with E-state index in [1.807, 2.05) is 0 Å². The largest absolute Gasteiger partial charge is 0.484 e. The molecule has 1 saturated heterocycles. The number of hydrogen-bond acceptors (Lipinski definition) is 7. The molecular weight excluding hydrogens is 420 g/mol. The Balaban J connectivity index is 1.35. The summed E-state index contributed by atoms with van der Waals surface area (Å²) in [5.74, 6) is 0.116. The Labute approximate surface area is 179 Å². The molecule has 1 aliphatic rings. The van der Waals surface area contributed by atoms with Crippen LogP contribution in [0.4, 0.5) is 5.69 Å². The molecule has 1 aliphatic heterocycles. The first kappa shape index (κ1) is 20.9. The minimum absolute atomic E-state index is 0.173. The maximum absolute atomic E-state index is 12.8. The van der Waals surface area contributed by atoms with Gasteiger partial charge in [0.25, 0.3) is 5.91 Å². The molecule has 1 fully saturated rings. The van der Waals surface area contributed by atoms with E-state index in [1.54, 1.807) is 42.5 Å². The summed E-state index contributed by atoms with van der Waals surface area (Å²) in [6.45, 7) is 0.839. The zero-order valence-corrected chi connectivity index (χ0v) is 17.5. The zero-order chi connectivity index (χ0) is 21.7. The Morgan fingerprint density at radius 2 is 1.84 bits per heavy atom. The average molecular weight is 443 g/mol. The van der Waals surface area contributed by atoms with Crippen LogP contribution in [0.1, 0.15) is 19.3 Å². The van der Waals surface area contributed by atoms with Crippen LogP contribution >= 0.6 is 0 Å². The van der Waals surface area contributed by atoms with Crippen molar-refractivity contribution in [3.8, 4) is 11.4 Å². The molecule has 2 heterocycles. The van der Waals surface area contributed by atoms with Gasteiger partial charge in [-0.2, -0.15) is 4.31 Å². The fraction of sp³-hybridized carbons (Fsp3) is 0.300. The average Bonchev–Trinajstić information content (AvgIpc) is 3.34. The van der Waals surface area contributed by atoms with Crippen molar-refractivity contribution in [2.75, 3.05) is 25.0 Å². The highest BCUT2D eigenvalue weighted by Crippen LogP contribution is 2.23.